The van der Waals surface area contributed by atoms with Crippen molar-refractivity contribution in [2.45, 2.75) is 13.0 Å². The van der Waals surface area contributed by atoms with Crippen LogP contribution >= 0.6 is 0 Å². The van der Waals surface area contributed by atoms with Crippen molar-refractivity contribution < 1.29 is 4.79 Å². The van der Waals surface area contributed by atoms with Crippen molar-refractivity contribution in [3.63, 3.8) is 0 Å². The highest BCUT2D eigenvalue weighted by atomic mass is 16.1. The van der Waals surface area contributed by atoms with E-state index in [1.165, 1.54) is 5.56 Å². The van der Waals surface area contributed by atoms with E-state index in [2.05, 4.69) is 34.6 Å². The second kappa shape index (κ2) is 6.88. The van der Waals surface area contributed by atoms with Gasteiger partial charge in [-0.15, -0.1) is 0 Å². The first-order valence-corrected chi connectivity index (χ1v) is 7.61. The van der Waals surface area contributed by atoms with Gasteiger partial charge >= 0.3 is 0 Å². The van der Waals surface area contributed by atoms with Gasteiger partial charge in [0.05, 0.1) is 6.04 Å². The molecule has 23 heavy (non-hydrogen) atoms. The third kappa shape index (κ3) is 3.64. The number of carbonyl (C=O) groups excluding carboxylic acids is 1. The molecule has 0 spiro atoms. The summed E-state index contributed by atoms with van der Waals surface area (Å²) in [5.41, 5.74) is 3.84. The molecule has 0 aliphatic carbocycles. The Morgan fingerprint density at radius 1 is 0.870 bits per heavy atom. The highest BCUT2D eigenvalue weighted by Crippen LogP contribution is 2.21. The van der Waals surface area contributed by atoms with E-state index in [1.54, 1.807) is 24.4 Å². The standard InChI is InChI=1S/C20H18N2O/c1-15(22-20(23)19-9-5-6-14-21-19)16-10-12-18(13-11-16)17-7-3-2-4-8-17/h2-15H,1H3,(H,22,23). The first-order chi connectivity index (χ1) is 11.2. The molecule has 0 bridgehead atoms. The van der Waals surface area contributed by atoms with Gasteiger partial charge in [-0.3, -0.25) is 9.78 Å². The quantitative estimate of drug-likeness (QED) is 0.783. The molecule has 114 valence electrons. The van der Waals surface area contributed by atoms with Crippen LogP contribution in [0.1, 0.15) is 29.0 Å². The molecule has 1 atom stereocenters. The summed E-state index contributed by atoms with van der Waals surface area (Å²) in [6, 6.07) is 23.7. The molecule has 2 aromatic carbocycles. The van der Waals surface area contributed by atoms with Crippen molar-refractivity contribution in [3.05, 3.63) is 90.3 Å². The number of amides is 1. The van der Waals surface area contributed by atoms with Crippen LogP contribution in [0, 0.1) is 0 Å². The summed E-state index contributed by atoms with van der Waals surface area (Å²) < 4.78 is 0. The summed E-state index contributed by atoms with van der Waals surface area (Å²) in [6.45, 7) is 1.97. The van der Waals surface area contributed by atoms with Crippen LogP contribution in [0.25, 0.3) is 11.1 Å². The fraction of sp³-hybridized carbons (Fsp3) is 0.100. The van der Waals surface area contributed by atoms with Gasteiger partial charge in [-0.05, 0) is 35.7 Å². The molecular formula is C20H18N2O. The molecule has 1 N–H and O–H groups in total. The average molecular weight is 302 g/mol. The zero-order chi connectivity index (χ0) is 16.1. The molecule has 0 aliphatic rings. The monoisotopic (exact) mass is 302 g/mol. The number of aromatic nitrogens is 1. The van der Waals surface area contributed by atoms with Crippen LogP contribution in [0.2, 0.25) is 0 Å². The normalized spacial score (nSPS) is 11.7. The molecule has 3 heteroatoms. The molecule has 1 aromatic heterocycles. The van der Waals surface area contributed by atoms with Crippen molar-refractivity contribution in [2.75, 3.05) is 0 Å². The Morgan fingerprint density at radius 3 is 2.17 bits per heavy atom. The molecule has 1 amide bonds. The molecule has 0 radical (unpaired) electrons. The molecular weight excluding hydrogens is 284 g/mol. The fourth-order valence-corrected chi connectivity index (χ4v) is 2.45. The Hall–Kier alpha value is -2.94. The van der Waals surface area contributed by atoms with E-state index in [0.29, 0.717) is 5.69 Å². The van der Waals surface area contributed by atoms with Gasteiger partial charge in [0.1, 0.15) is 5.69 Å². The van der Waals surface area contributed by atoms with Crippen LogP contribution in [-0.2, 0) is 0 Å². The van der Waals surface area contributed by atoms with E-state index < -0.39 is 0 Å². The topological polar surface area (TPSA) is 42.0 Å². The molecule has 1 unspecified atom stereocenters. The summed E-state index contributed by atoms with van der Waals surface area (Å²) in [4.78, 5) is 16.2. The lowest BCUT2D eigenvalue weighted by molar-refractivity contribution is 0.0935. The van der Waals surface area contributed by atoms with Crippen LogP contribution in [-0.4, -0.2) is 10.9 Å². The van der Waals surface area contributed by atoms with Gasteiger partial charge in [0.2, 0.25) is 0 Å². The van der Waals surface area contributed by atoms with E-state index in [-0.39, 0.29) is 11.9 Å². The molecule has 0 saturated heterocycles. The molecule has 3 rings (SSSR count). The van der Waals surface area contributed by atoms with E-state index in [9.17, 15) is 4.79 Å². The van der Waals surface area contributed by atoms with Crippen LogP contribution in [0.15, 0.2) is 79.0 Å². The van der Waals surface area contributed by atoms with Crippen molar-refractivity contribution in [2.24, 2.45) is 0 Å². The maximum Gasteiger partial charge on any atom is 0.270 e. The van der Waals surface area contributed by atoms with Crippen LogP contribution in [0.5, 0.6) is 0 Å². The summed E-state index contributed by atoms with van der Waals surface area (Å²) in [6.07, 6.45) is 1.62. The Kier molecular flexibility index (Phi) is 4.48. The van der Waals surface area contributed by atoms with Crippen LogP contribution < -0.4 is 5.32 Å². The number of rotatable bonds is 4. The molecule has 0 aliphatic heterocycles. The average Bonchev–Trinajstić information content (AvgIpc) is 2.63. The second-order valence-corrected chi connectivity index (χ2v) is 5.40. The van der Waals surface area contributed by atoms with E-state index in [0.717, 1.165) is 11.1 Å². The van der Waals surface area contributed by atoms with Crippen molar-refractivity contribution >= 4 is 5.91 Å². The second-order valence-electron chi connectivity index (χ2n) is 5.40. The van der Waals surface area contributed by atoms with Gasteiger partial charge in [0.25, 0.3) is 5.91 Å². The van der Waals surface area contributed by atoms with E-state index in [4.69, 9.17) is 0 Å². The molecule has 0 fully saturated rings. The number of hydrogen-bond donors (Lipinski definition) is 1. The van der Waals surface area contributed by atoms with Crippen molar-refractivity contribution in [3.8, 4) is 11.1 Å². The van der Waals surface area contributed by atoms with Crippen molar-refractivity contribution in [1.29, 1.82) is 0 Å². The summed E-state index contributed by atoms with van der Waals surface area (Å²) in [7, 11) is 0. The Balaban J connectivity index is 1.71. The Bertz CT molecular complexity index is 768. The third-order valence-corrected chi connectivity index (χ3v) is 3.76. The van der Waals surface area contributed by atoms with Gasteiger partial charge in [-0.2, -0.15) is 0 Å². The minimum absolute atomic E-state index is 0.0747. The summed E-state index contributed by atoms with van der Waals surface area (Å²) in [5.74, 6) is -0.162. The number of pyridine rings is 1. The van der Waals surface area contributed by atoms with Gasteiger partial charge in [0.15, 0.2) is 0 Å². The Labute approximate surface area is 136 Å². The lowest BCUT2D eigenvalue weighted by Gasteiger charge is -2.14. The minimum Gasteiger partial charge on any atom is -0.344 e. The predicted molar refractivity (Wildman–Crippen MR) is 92.0 cm³/mol. The summed E-state index contributed by atoms with van der Waals surface area (Å²) in [5, 5.41) is 2.97. The predicted octanol–water partition coefficient (Wildman–Crippen LogP) is 4.24. The maximum atomic E-state index is 12.1. The number of benzene rings is 2. The van der Waals surface area contributed by atoms with Gasteiger partial charge in [-0.1, -0.05) is 60.7 Å². The highest BCUT2D eigenvalue weighted by molar-refractivity contribution is 5.92. The van der Waals surface area contributed by atoms with E-state index >= 15 is 0 Å². The van der Waals surface area contributed by atoms with Gasteiger partial charge in [0, 0.05) is 6.20 Å². The van der Waals surface area contributed by atoms with Crippen LogP contribution in [0.3, 0.4) is 0 Å². The molecule has 3 aromatic rings. The molecule has 3 nitrogen and oxygen atoms in total. The number of carbonyl (C=O) groups is 1. The lowest BCUT2D eigenvalue weighted by Crippen LogP contribution is -2.27. The lowest BCUT2D eigenvalue weighted by atomic mass is 10.0. The highest BCUT2D eigenvalue weighted by Gasteiger charge is 2.12. The van der Waals surface area contributed by atoms with Crippen LogP contribution in [0.4, 0.5) is 0 Å². The molecule has 1 heterocycles. The summed E-state index contributed by atoms with van der Waals surface area (Å²) >= 11 is 0. The number of nitrogens with one attached hydrogen (secondary N) is 1. The zero-order valence-electron chi connectivity index (χ0n) is 12.9. The SMILES string of the molecule is CC(NC(=O)c1ccccn1)c1ccc(-c2ccccc2)cc1. The van der Waals surface area contributed by atoms with Gasteiger partial charge < -0.3 is 5.32 Å². The Morgan fingerprint density at radius 2 is 1.52 bits per heavy atom. The van der Waals surface area contributed by atoms with Gasteiger partial charge in [-0.25, -0.2) is 0 Å². The third-order valence-electron chi connectivity index (χ3n) is 3.76. The minimum atomic E-state index is -0.162. The zero-order valence-corrected chi connectivity index (χ0v) is 12.9. The maximum absolute atomic E-state index is 12.1. The smallest absolute Gasteiger partial charge is 0.270 e. The number of hydrogen-bond acceptors (Lipinski definition) is 2. The number of nitrogens with zero attached hydrogens (tertiary/aromatic N) is 1. The van der Waals surface area contributed by atoms with E-state index in [1.807, 2.05) is 37.3 Å². The van der Waals surface area contributed by atoms with Crippen molar-refractivity contribution in [1.82, 2.24) is 10.3 Å². The first-order valence-electron chi connectivity index (χ1n) is 7.61. The first kappa shape index (κ1) is 15.0. The molecule has 0 saturated carbocycles. The fourth-order valence-electron chi connectivity index (χ4n) is 2.45. The largest absolute Gasteiger partial charge is 0.344 e.